The second-order valence-electron chi connectivity index (χ2n) is 7.29. The monoisotopic (exact) mass is 354 g/mol. The van der Waals surface area contributed by atoms with Crippen molar-refractivity contribution in [1.29, 1.82) is 0 Å². The van der Waals surface area contributed by atoms with Crippen LogP contribution in [0.1, 0.15) is 51.4 Å². The number of halogens is 4. The number of hydrogen-bond donors (Lipinski definition) is 2. The van der Waals surface area contributed by atoms with Gasteiger partial charge in [-0.3, -0.25) is 4.79 Å². The van der Waals surface area contributed by atoms with Crippen LogP contribution in [0.15, 0.2) is 0 Å². The molecule has 0 aromatic rings. The molecule has 0 radical (unpaired) electrons. The smallest absolute Gasteiger partial charge is 0.353 e. The maximum absolute atomic E-state index is 12.8. The molecule has 2 saturated carbocycles. The van der Waals surface area contributed by atoms with Crippen LogP contribution in [0, 0.1) is 17.3 Å². The van der Waals surface area contributed by atoms with Crippen molar-refractivity contribution < 1.29 is 18.0 Å². The normalized spacial score (nSPS) is 37.6. The van der Waals surface area contributed by atoms with Crippen LogP contribution >= 0.6 is 12.4 Å². The first-order valence-corrected chi connectivity index (χ1v) is 8.50. The van der Waals surface area contributed by atoms with Crippen LogP contribution in [0.25, 0.3) is 0 Å². The Bertz CT molecular complexity index is 424. The first-order chi connectivity index (χ1) is 10.4. The summed E-state index contributed by atoms with van der Waals surface area (Å²) in [4.78, 5) is 12.8. The van der Waals surface area contributed by atoms with Gasteiger partial charge in [-0.15, -0.1) is 12.4 Å². The fraction of sp³-hybridized carbons (Fsp3) is 0.938. The van der Waals surface area contributed by atoms with E-state index in [2.05, 4.69) is 10.6 Å². The van der Waals surface area contributed by atoms with Crippen molar-refractivity contribution in [2.24, 2.45) is 17.3 Å². The van der Waals surface area contributed by atoms with E-state index in [9.17, 15) is 18.0 Å². The van der Waals surface area contributed by atoms with Gasteiger partial charge in [-0.1, -0.05) is 12.8 Å². The van der Waals surface area contributed by atoms with Crippen LogP contribution in [0.5, 0.6) is 0 Å². The Morgan fingerprint density at radius 2 is 1.78 bits per heavy atom. The van der Waals surface area contributed by atoms with Gasteiger partial charge >= 0.3 is 6.18 Å². The molecular weight excluding hydrogens is 329 g/mol. The minimum Gasteiger partial charge on any atom is -0.353 e. The zero-order valence-electron chi connectivity index (χ0n) is 13.3. The summed E-state index contributed by atoms with van der Waals surface area (Å²) in [5, 5.41) is 6.42. The largest absolute Gasteiger partial charge is 0.391 e. The van der Waals surface area contributed by atoms with E-state index in [0.29, 0.717) is 18.8 Å². The van der Waals surface area contributed by atoms with Crippen molar-refractivity contribution in [3.63, 3.8) is 0 Å². The second-order valence-corrected chi connectivity index (χ2v) is 7.29. The summed E-state index contributed by atoms with van der Waals surface area (Å²) in [6.07, 6.45) is 1.35. The van der Waals surface area contributed by atoms with Crippen molar-refractivity contribution in [3.05, 3.63) is 0 Å². The fourth-order valence-electron chi connectivity index (χ4n) is 4.58. The lowest BCUT2D eigenvalue weighted by Crippen LogP contribution is -2.51. The van der Waals surface area contributed by atoms with Gasteiger partial charge < -0.3 is 10.6 Å². The number of rotatable bonds is 2. The fourth-order valence-corrected chi connectivity index (χ4v) is 4.58. The molecule has 2 atom stereocenters. The standard InChI is InChI=1S/C16H25F3N2O.ClH/c17-16(18,19)11-4-6-13(7-5-11)21-14(22)15-8-2-1-3-12(15)9-20-10-15;/h11-13,20H,1-10H2,(H,21,22);1H/t11?,12-,13?,15+;/m0./s1. The van der Waals surface area contributed by atoms with Crippen molar-refractivity contribution in [1.82, 2.24) is 10.6 Å². The quantitative estimate of drug-likeness (QED) is 0.797. The van der Waals surface area contributed by atoms with Crippen LogP contribution in [0.4, 0.5) is 13.2 Å². The molecule has 3 fully saturated rings. The van der Waals surface area contributed by atoms with Gasteiger partial charge in [0.25, 0.3) is 0 Å². The predicted molar refractivity (Wildman–Crippen MR) is 84.5 cm³/mol. The highest BCUT2D eigenvalue weighted by Gasteiger charge is 2.50. The van der Waals surface area contributed by atoms with E-state index in [1.165, 1.54) is 6.42 Å². The van der Waals surface area contributed by atoms with Gasteiger partial charge in [0.1, 0.15) is 0 Å². The Morgan fingerprint density at radius 3 is 2.43 bits per heavy atom. The van der Waals surface area contributed by atoms with Crippen LogP contribution in [-0.4, -0.2) is 31.2 Å². The highest BCUT2D eigenvalue weighted by molar-refractivity contribution is 5.85. The molecule has 23 heavy (non-hydrogen) atoms. The molecule has 1 saturated heterocycles. The summed E-state index contributed by atoms with van der Waals surface area (Å²) in [5.41, 5.74) is -0.306. The molecule has 0 bridgehead atoms. The van der Waals surface area contributed by atoms with Crippen molar-refractivity contribution >= 4 is 18.3 Å². The zero-order valence-corrected chi connectivity index (χ0v) is 14.1. The van der Waals surface area contributed by atoms with Crippen molar-refractivity contribution in [2.75, 3.05) is 13.1 Å². The molecule has 1 aliphatic heterocycles. The Balaban J connectivity index is 0.00000192. The third-order valence-corrected chi connectivity index (χ3v) is 6.02. The first-order valence-electron chi connectivity index (χ1n) is 8.50. The highest BCUT2D eigenvalue weighted by Crippen LogP contribution is 2.44. The third kappa shape index (κ3) is 3.78. The topological polar surface area (TPSA) is 41.1 Å². The van der Waals surface area contributed by atoms with E-state index < -0.39 is 12.1 Å². The zero-order chi connectivity index (χ0) is 15.8. The number of nitrogens with one attached hydrogen (secondary N) is 2. The predicted octanol–water partition coefficient (Wildman–Crippen LogP) is 3.43. The number of carbonyl (C=O) groups excluding carboxylic acids is 1. The molecule has 7 heteroatoms. The number of amides is 1. The molecule has 2 N–H and O–H groups in total. The van der Waals surface area contributed by atoms with Gasteiger partial charge in [0, 0.05) is 12.6 Å². The Labute approximate surface area is 141 Å². The average Bonchev–Trinajstić information content (AvgIpc) is 2.92. The van der Waals surface area contributed by atoms with Gasteiger partial charge in [-0.2, -0.15) is 13.2 Å². The maximum atomic E-state index is 12.8. The second kappa shape index (κ2) is 7.18. The lowest BCUT2D eigenvalue weighted by Gasteiger charge is -2.39. The Morgan fingerprint density at radius 1 is 1.09 bits per heavy atom. The lowest BCUT2D eigenvalue weighted by molar-refractivity contribution is -0.182. The van der Waals surface area contributed by atoms with E-state index >= 15 is 0 Å². The van der Waals surface area contributed by atoms with Crippen molar-refractivity contribution in [2.45, 2.75) is 63.6 Å². The average molecular weight is 355 g/mol. The number of alkyl halides is 3. The summed E-state index contributed by atoms with van der Waals surface area (Å²) in [6.45, 7) is 1.62. The van der Waals surface area contributed by atoms with Gasteiger partial charge in [-0.05, 0) is 51.0 Å². The van der Waals surface area contributed by atoms with Crippen LogP contribution in [-0.2, 0) is 4.79 Å². The van der Waals surface area contributed by atoms with Crippen LogP contribution < -0.4 is 10.6 Å². The molecule has 1 amide bonds. The highest BCUT2D eigenvalue weighted by atomic mass is 35.5. The molecule has 0 aromatic carbocycles. The first kappa shape index (κ1) is 18.8. The van der Waals surface area contributed by atoms with Gasteiger partial charge in [-0.25, -0.2) is 0 Å². The van der Waals surface area contributed by atoms with E-state index in [1.807, 2.05) is 0 Å². The molecule has 134 valence electrons. The molecule has 0 aromatic heterocycles. The Hall–Kier alpha value is -0.490. The molecule has 1 heterocycles. The maximum Gasteiger partial charge on any atom is 0.391 e. The van der Waals surface area contributed by atoms with E-state index in [1.54, 1.807) is 0 Å². The minimum atomic E-state index is -4.09. The molecule has 2 aliphatic carbocycles. The minimum absolute atomic E-state index is 0. The van der Waals surface area contributed by atoms with Crippen molar-refractivity contribution in [3.8, 4) is 0 Å². The van der Waals surface area contributed by atoms with Crippen LogP contribution in [0.3, 0.4) is 0 Å². The molecule has 3 aliphatic rings. The number of hydrogen-bond acceptors (Lipinski definition) is 2. The summed E-state index contributed by atoms with van der Waals surface area (Å²) in [6, 6.07) is -0.0800. The number of fused-ring (bicyclic) bond motifs is 1. The molecule has 0 unspecified atom stereocenters. The summed E-state index contributed by atoms with van der Waals surface area (Å²) in [5.74, 6) is -0.709. The van der Waals surface area contributed by atoms with Gasteiger partial charge in [0.15, 0.2) is 0 Å². The van der Waals surface area contributed by atoms with E-state index in [4.69, 9.17) is 0 Å². The molecule has 3 nitrogen and oxygen atoms in total. The third-order valence-electron chi connectivity index (χ3n) is 6.02. The SMILES string of the molecule is Cl.O=C(NC1CCC(C(F)(F)F)CC1)[C@@]12CCCC[C@H]1CNC2. The van der Waals surface area contributed by atoms with Gasteiger partial charge in [0.2, 0.25) is 5.91 Å². The van der Waals surface area contributed by atoms with E-state index in [-0.39, 0.29) is 42.6 Å². The summed E-state index contributed by atoms with van der Waals surface area (Å²) in [7, 11) is 0. The lowest BCUT2D eigenvalue weighted by atomic mass is 9.67. The molecule has 0 spiro atoms. The van der Waals surface area contributed by atoms with E-state index in [0.717, 1.165) is 32.4 Å². The molecule has 3 rings (SSSR count). The van der Waals surface area contributed by atoms with Gasteiger partial charge in [0.05, 0.1) is 11.3 Å². The summed E-state index contributed by atoms with van der Waals surface area (Å²) < 4.78 is 38.1. The number of carbonyl (C=O) groups is 1. The van der Waals surface area contributed by atoms with Crippen LogP contribution in [0.2, 0.25) is 0 Å². The molecular formula is C16H26ClF3N2O. The Kier molecular flexibility index (Phi) is 5.88. The summed E-state index contributed by atoms with van der Waals surface area (Å²) >= 11 is 0.